The molecular weight excluding hydrogens is 1060 g/mol. The first-order valence-corrected chi connectivity index (χ1v) is 32.2. The lowest BCUT2D eigenvalue weighted by Crippen LogP contribution is -2.00. The van der Waals surface area contributed by atoms with Crippen molar-refractivity contribution in [3.05, 3.63) is 132 Å². The van der Waals surface area contributed by atoms with E-state index < -0.39 is 0 Å². The minimum atomic E-state index is 0.230. The molecule has 0 heterocycles. The molecule has 0 radical (unpaired) electrons. The van der Waals surface area contributed by atoms with Crippen molar-refractivity contribution in [2.24, 2.45) is 0 Å². The van der Waals surface area contributed by atoms with E-state index in [1.807, 2.05) is 113 Å². The highest BCUT2D eigenvalue weighted by Gasteiger charge is 1.93. The van der Waals surface area contributed by atoms with Crippen LogP contribution in [-0.2, 0) is 33.2 Å². The highest BCUT2D eigenvalue weighted by molar-refractivity contribution is 5.85. The Morgan fingerprint density at radius 3 is 0.918 bits per heavy atom. The minimum Gasteiger partial charge on any atom is -0.396 e. The van der Waals surface area contributed by atoms with Gasteiger partial charge in [-0.3, -0.25) is 0 Å². The van der Waals surface area contributed by atoms with E-state index in [0.29, 0.717) is 25.4 Å². The summed E-state index contributed by atoms with van der Waals surface area (Å²) in [6.07, 6.45) is 9.19. The molecule has 2 unspecified atom stereocenters. The molecule has 0 aliphatic heterocycles. The first kappa shape index (κ1) is 109. The summed E-state index contributed by atoms with van der Waals surface area (Å²) in [5.74, 6) is 0. The normalized spacial score (nSPS) is 9.16. The third kappa shape index (κ3) is 115. The summed E-state index contributed by atoms with van der Waals surface area (Å²) < 4.78 is 33.1. The van der Waals surface area contributed by atoms with E-state index in [0.717, 1.165) is 64.8 Å². The third-order valence-corrected chi connectivity index (χ3v) is 9.05. The number of methoxy groups -OCH3 is 7. The monoisotopic (exact) mass is 1210 g/mol. The van der Waals surface area contributed by atoms with Crippen LogP contribution in [0.4, 0.5) is 0 Å². The van der Waals surface area contributed by atoms with Crippen molar-refractivity contribution in [2.75, 3.05) is 117 Å². The number of aliphatic hydroxyl groups excluding tert-OH is 2. The first-order valence-electron chi connectivity index (χ1n) is 32.2. The number of fused-ring (bicyclic) bond motifs is 2. The van der Waals surface area contributed by atoms with E-state index >= 15 is 0 Å². The van der Waals surface area contributed by atoms with Gasteiger partial charge in [-0.1, -0.05) is 251 Å². The van der Waals surface area contributed by atoms with Crippen molar-refractivity contribution in [2.45, 2.75) is 216 Å². The fourth-order valence-corrected chi connectivity index (χ4v) is 4.59. The molecule has 0 spiro atoms. The second kappa shape index (κ2) is 111. The summed E-state index contributed by atoms with van der Waals surface area (Å²) >= 11 is 0. The molecule has 85 heavy (non-hydrogen) atoms. The van der Waals surface area contributed by atoms with Gasteiger partial charge >= 0.3 is 0 Å². The number of benzene rings is 5. The fraction of sp³-hybridized carbons (Fsp3) is 0.653. The standard InChI is InChI=1S/2C11H10.C7H8.2C5H12O.2C4H10O2.3C4H10O.C3H9N.C3H8.5C2H6/c1-9-5-4-7-10-6-2-3-8-11(9)10;1-9-6-7-10-4-2-3-5-11(10)8-9;1-7-5-3-2-4-6-7;2*1-4-5(2)6-3;2*1-6-4-2-3-5;3*1-3-4-5-2;1-4(2)3;1-3-2;5*1-2/h2*2-8H,1H3;2-6H,1H3;2*5H,4H2,1-3H3;2*5H,2-4H2,1H3;3*3-4H2,1-2H3;1-3H3;3H2,1-2H3;5*1-2H3. The highest BCUT2D eigenvalue weighted by Crippen LogP contribution is 2.17. The van der Waals surface area contributed by atoms with Gasteiger partial charge in [0, 0.05) is 96.0 Å². The summed E-state index contributed by atoms with van der Waals surface area (Å²) in [6.45, 7) is 49.6. The van der Waals surface area contributed by atoms with Crippen LogP contribution in [0.25, 0.3) is 21.5 Å². The molecule has 2 atom stereocenters. The SMILES string of the molecule is CC.CC.CC.CC.CC.CCC.CCC(C)OC.CCC(C)OC.CCCOC.CCCOC.CCCOC.CN(C)C.COCCCO.COCCCO.Cc1ccc2ccccc2c1.Cc1cccc2ccccc12.Cc1ccccc1. The molecule has 10 heteroatoms. The number of rotatable bonds is 16. The molecule has 0 bridgehead atoms. The molecule has 0 aliphatic rings. The Morgan fingerprint density at radius 1 is 0.376 bits per heavy atom. The predicted molar refractivity (Wildman–Crippen MR) is 388 cm³/mol. The zero-order valence-electron chi connectivity index (χ0n) is 62.4. The fourth-order valence-electron chi connectivity index (χ4n) is 4.59. The van der Waals surface area contributed by atoms with Crippen LogP contribution in [0.2, 0.25) is 0 Å². The van der Waals surface area contributed by atoms with Gasteiger partial charge in [0.25, 0.3) is 0 Å². The lowest BCUT2D eigenvalue weighted by atomic mass is 10.1. The topological polar surface area (TPSA) is 108 Å². The van der Waals surface area contributed by atoms with E-state index in [-0.39, 0.29) is 13.2 Å². The zero-order valence-corrected chi connectivity index (χ0v) is 62.4. The van der Waals surface area contributed by atoms with Gasteiger partial charge in [-0.05, 0) is 128 Å². The number of hydrogen-bond donors (Lipinski definition) is 2. The third-order valence-electron chi connectivity index (χ3n) is 9.05. The molecule has 0 aliphatic carbocycles. The van der Waals surface area contributed by atoms with Crippen LogP contribution >= 0.6 is 0 Å². The van der Waals surface area contributed by atoms with Crippen LogP contribution in [0.1, 0.15) is 200 Å². The lowest BCUT2D eigenvalue weighted by Gasteiger charge is -2.01. The molecule has 0 amide bonds. The first-order chi connectivity index (χ1) is 41.0. The van der Waals surface area contributed by atoms with Gasteiger partial charge in [-0.15, -0.1) is 0 Å². The minimum absolute atomic E-state index is 0.230. The Kier molecular flexibility index (Phi) is 143. The second-order valence-electron chi connectivity index (χ2n) is 17.4. The van der Waals surface area contributed by atoms with Crippen molar-refractivity contribution in [3.8, 4) is 0 Å². The van der Waals surface area contributed by atoms with Crippen LogP contribution in [-0.4, -0.2) is 144 Å². The number of hydrogen-bond acceptors (Lipinski definition) is 10. The summed E-state index contributed by atoms with van der Waals surface area (Å²) in [5, 5.41) is 21.6. The summed E-state index contributed by atoms with van der Waals surface area (Å²) in [5.41, 5.74) is 3.99. The van der Waals surface area contributed by atoms with Crippen LogP contribution in [0, 0.1) is 20.8 Å². The van der Waals surface area contributed by atoms with Gasteiger partial charge in [0.05, 0.1) is 12.2 Å². The Bertz CT molecular complexity index is 1660. The van der Waals surface area contributed by atoms with Crippen molar-refractivity contribution in [1.82, 2.24) is 4.90 Å². The molecule has 2 N–H and O–H groups in total. The second-order valence-corrected chi connectivity index (χ2v) is 17.4. The van der Waals surface area contributed by atoms with Crippen LogP contribution in [0.3, 0.4) is 0 Å². The van der Waals surface area contributed by atoms with E-state index in [9.17, 15) is 0 Å². The van der Waals surface area contributed by atoms with E-state index in [1.54, 1.807) is 49.8 Å². The van der Waals surface area contributed by atoms with Crippen LogP contribution in [0.15, 0.2) is 115 Å². The lowest BCUT2D eigenvalue weighted by molar-refractivity contribution is 0.115. The van der Waals surface area contributed by atoms with E-state index in [4.69, 9.17) is 33.9 Å². The smallest absolute Gasteiger partial charge is 0.0540 e. The van der Waals surface area contributed by atoms with Crippen molar-refractivity contribution >= 4 is 21.5 Å². The van der Waals surface area contributed by atoms with Gasteiger partial charge < -0.3 is 48.3 Å². The van der Waals surface area contributed by atoms with Crippen molar-refractivity contribution in [3.63, 3.8) is 0 Å². The molecule has 0 aromatic heterocycles. The highest BCUT2D eigenvalue weighted by atomic mass is 16.5. The van der Waals surface area contributed by atoms with Crippen LogP contribution in [0.5, 0.6) is 0 Å². The maximum absolute atomic E-state index is 8.12. The number of aryl methyl sites for hydroxylation is 3. The summed E-state index contributed by atoms with van der Waals surface area (Å²) in [7, 11) is 17.8. The Balaban J connectivity index is -0.0000000685. The van der Waals surface area contributed by atoms with Gasteiger partial charge in [0.15, 0.2) is 0 Å². The number of nitrogens with zero attached hydrogens (tertiary/aromatic N) is 1. The van der Waals surface area contributed by atoms with Crippen molar-refractivity contribution < 1.29 is 43.4 Å². The molecule has 5 aromatic carbocycles. The largest absolute Gasteiger partial charge is 0.396 e. The molecule has 5 aromatic rings. The van der Waals surface area contributed by atoms with Gasteiger partial charge in [-0.25, -0.2) is 0 Å². The summed E-state index contributed by atoms with van der Waals surface area (Å²) in [4.78, 5) is 2.00. The van der Waals surface area contributed by atoms with Crippen LogP contribution < -0.4 is 0 Å². The molecular formula is C75H149NO9. The zero-order chi connectivity index (χ0) is 68.8. The molecule has 0 saturated carbocycles. The Morgan fingerprint density at radius 2 is 0.682 bits per heavy atom. The van der Waals surface area contributed by atoms with Gasteiger partial charge in [0.1, 0.15) is 0 Å². The van der Waals surface area contributed by atoms with Crippen molar-refractivity contribution in [1.29, 1.82) is 0 Å². The Labute approximate surface area is 532 Å². The van der Waals surface area contributed by atoms with Gasteiger partial charge in [-0.2, -0.15) is 0 Å². The average Bonchev–Trinajstić information content (AvgIpc) is 3.65. The van der Waals surface area contributed by atoms with E-state index in [2.05, 4.69) is 190 Å². The molecule has 508 valence electrons. The Hall–Kier alpha value is -3.78. The molecule has 0 fully saturated rings. The predicted octanol–water partition coefficient (Wildman–Crippen LogP) is 21.0. The summed E-state index contributed by atoms with van der Waals surface area (Å²) in [6, 6.07) is 40.0. The molecule has 10 nitrogen and oxygen atoms in total. The quantitative estimate of drug-likeness (QED) is 0.0928. The van der Waals surface area contributed by atoms with Gasteiger partial charge in [0.2, 0.25) is 0 Å². The molecule has 0 saturated heterocycles. The number of ether oxygens (including phenoxy) is 7. The van der Waals surface area contributed by atoms with E-state index in [1.165, 1.54) is 44.7 Å². The average molecular weight is 1210 g/mol. The number of aliphatic hydroxyl groups is 2. The molecule has 5 rings (SSSR count). The maximum Gasteiger partial charge on any atom is 0.0540 e. The maximum atomic E-state index is 8.12.